The molecule has 2 rings (SSSR count). The van der Waals surface area contributed by atoms with Gasteiger partial charge in [0.15, 0.2) is 0 Å². The van der Waals surface area contributed by atoms with Crippen LogP contribution in [-0.2, 0) is 9.47 Å². The zero-order valence-corrected chi connectivity index (χ0v) is 13.0. The molecule has 0 bridgehead atoms. The van der Waals surface area contributed by atoms with Crippen LogP contribution >= 0.6 is 0 Å². The van der Waals surface area contributed by atoms with Crippen molar-refractivity contribution in [1.29, 1.82) is 0 Å². The highest BCUT2D eigenvalue weighted by molar-refractivity contribution is 5.11. The molecule has 0 heterocycles. The van der Waals surface area contributed by atoms with Gasteiger partial charge in [-0.15, -0.1) is 0 Å². The fraction of sp³-hybridized carbons (Fsp3) is 0.294. The molecule has 0 atom stereocenters. The molecule has 0 radical (unpaired) electrons. The van der Waals surface area contributed by atoms with E-state index in [0.717, 1.165) is 0 Å². The Morgan fingerprint density at radius 1 is 0.650 bits per heavy atom. The molecule has 2 aromatic rings. The maximum Gasteiger partial charge on any atom is 0.123 e. The molecule has 0 aromatic heterocycles. The van der Waals surface area contributed by atoms with Crippen LogP contribution in [0.4, 0.5) is 4.39 Å². The first-order valence-corrected chi connectivity index (χ1v) is 6.14. The summed E-state index contributed by atoms with van der Waals surface area (Å²) in [6, 6.07) is 18.2. The molecule has 0 spiro atoms. The van der Waals surface area contributed by atoms with Crippen LogP contribution in [0, 0.1) is 12.7 Å². The molecule has 0 saturated carbocycles. The van der Waals surface area contributed by atoms with E-state index in [1.165, 1.54) is 17.7 Å². The van der Waals surface area contributed by atoms with Crippen LogP contribution in [0.3, 0.4) is 0 Å². The molecule has 0 saturated heterocycles. The summed E-state index contributed by atoms with van der Waals surface area (Å²) in [5.74, 6) is -0.178. The molecular formula is C17H25FO2. The molecule has 2 aromatic carbocycles. The Morgan fingerprint density at radius 2 is 0.950 bits per heavy atom. The van der Waals surface area contributed by atoms with Crippen LogP contribution < -0.4 is 0 Å². The van der Waals surface area contributed by atoms with E-state index < -0.39 is 0 Å². The van der Waals surface area contributed by atoms with Crippen molar-refractivity contribution in [2.45, 2.75) is 6.92 Å². The number of methoxy groups -OCH3 is 2. The largest absolute Gasteiger partial charge is 0.388 e. The Balaban J connectivity index is 0. The lowest BCUT2D eigenvalue weighted by Gasteiger charge is -1.82. The van der Waals surface area contributed by atoms with Gasteiger partial charge in [0.25, 0.3) is 0 Å². The summed E-state index contributed by atoms with van der Waals surface area (Å²) in [5.41, 5.74) is 1.32. The SMILES string of the molecule is COC.COC.Cc1ccccc1.Fc1ccccc1. The van der Waals surface area contributed by atoms with E-state index in [9.17, 15) is 4.39 Å². The molecule has 3 heteroatoms. The third-order valence-corrected chi connectivity index (χ3v) is 1.67. The Kier molecular flexibility index (Phi) is 17.8. The first-order valence-electron chi connectivity index (χ1n) is 6.14. The number of benzene rings is 2. The summed E-state index contributed by atoms with van der Waals surface area (Å²) in [5, 5.41) is 0. The number of hydrogen-bond donors (Lipinski definition) is 0. The van der Waals surface area contributed by atoms with Crippen LogP contribution in [0.25, 0.3) is 0 Å². The van der Waals surface area contributed by atoms with Gasteiger partial charge in [0, 0.05) is 28.4 Å². The van der Waals surface area contributed by atoms with E-state index in [2.05, 4.69) is 28.5 Å². The lowest BCUT2D eigenvalue weighted by Crippen LogP contribution is -1.63. The zero-order chi connectivity index (χ0) is 15.6. The quantitative estimate of drug-likeness (QED) is 0.714. The molecule has 0 fully saturated rings. The van der Waals surface area contributed by atoms with Crippen molar-refractivity contribution in [1.82, 2.24) is 0 Å². The van der Waals surface area contributed by atoms with E-state index in [1.807, 2.05) is 18.2 Å². The van der Waals surface area contributed by atoms with Gasteiger partial charge < -0.3 is 9.47 Å². The first-order chi connectivity index (χ1) is 9.62. The summed E-state index contributed by atoms with van der Waals surface area (Å²) in [4.78, 5) is 0. The van der Waals surface area contributed by atoms with Crippen LogP contribution in [-0.4, -0.2) is 28.4 Å². The minimum atomic E-state index is -0.178. The van der Waals surface area contributed by atoms with Crippen molar-refractivity contribution >= 4 is 0 Å². The second kappa shape index (κ2) is 17.3. The third-order valence-electron chi connectivity index (χ3n) is 1.67. The van der Waals surface area contributed by atoms with E-state index in [4.69, 9.17) is 0 Å². The fourth-order valence-corrected chi connectivity index (χ4v) is 0.949. The van der Waals surface area contributed by atoms with Gasteiger partial charge in [0.1, 0.15) is 5.82 Å². The zero-order valence-electron chi connectivity index (χ0n) is 13.0. The van der Waals surface area contributed by atoms with E-state index in [0.29, 0.717) is 0 Å². The van der Waals surface area contributed by atoms with Crippen LogP contribution in [0.5, 0.6) is 0 Å². The smallest absolute Gasteiger partial charge is 0.123 e. The van der Waals surface area contributed by atoms with Crippen molar-refractivity contribution in [3.63, 3.8) is 0 Å². The Morgan fingerprint density at radius 3 is 1.10 bits per heavy atom. The van der Waals surface area contributed by atoms with E-state index >= 15 is 0 Å². The van der Waals surface area contributed by atoms with Gasteiger partial charge in [-0.3, -0.25) is 0 Å². The number of ether oxygens (including phenoxy) is 2. The molecule has 0 aliphatic rings. The van der Waals surface area contributed by atoms with Crippen LogP contribution in [0.15, 0.2) is 60.7 Å². The first kappa shape index (κ1) is 20.6. The summed E-state index contributed by atoms with van der Waals surface area (Å²) in [6.45, 7) is 2.08. The highest BCUT2D eigenvalue weighted by atomic mass is 19.1. The topological polar surface area (TPSA) is 18.5 Å². The van der Waals surface area contributed by atoms with E-state index in [-0.39, 0.29) is 5.82 Å². The lowest BCUT2D eigenvalue weighted by atomic mass is 10.2. The van der Waals surface area contributed by atoms with Crippen molar-refractivity contribution in [3.8, 4) is 0 Å². The van der Waals surface area contributed by atoms with Gasteiger partial charge in [-0.2, -0.15) is 0 Å². The van der Waals surface area contributed by atoms with Gasteiger partial charge in [0.05, 0.1) is 0 Å². The van der Waals surface area contributed by atoms with Gasteiger partial charge in [0.2, 0.25) is 0 Å². The van der Waals surface area contributed by atoms with Gasteiger partial charge in [-0.25, -0.2) is 4.39 Å². The predicted octanol–water partition coefficient (Wildman–Crippen LogP) is 4.35. The van der Waals surface area contributed by atoms with E-state index in [1.54, 1.807) is 46.6 Å². The highest BCUT2D eigenvalue weighted by Gasteiger charge is 1.77. The van der Waals surface area contributed by atoms with Crippen molar-refractivity contribution in [2.24, 2.45) is 0 Å². The Labute approximate surface area is 122 Å². The second-order valence-electron chi connectivity index (χ2n) is 3.77. The summed E-state index contributed by atoms with van der Waals surface area (Å²) >= 11 is 0. The maximum absolute atomic E-state index is 11.9. The van der Waals surface area contributed by atoms with Gasteiger partial charge >= 0.3 is 0 Å². The normalized spacial score (nSPS) is 7.90. The number of rotatable bonds is 0. The predicted molar refractivity (Wildman–Crippen MR) is 83.4 cm³/mol. The second-order valence-corrected chi connectivity index (χ2v) is 3.77. The summed E-state index contributed by atoms with van der Waals surface area (Å²) in [7, 11) is 6.50. The molecule has 0 aliphatic carbocycles. The van der Waals surface area contributed by atoms with Crippen molar-refractivity contribution < 1.29 is 13.9 Å². The molecule has 0 aliphatic heterocycles. The monoisotopic (exact) mass is 280 g/mol. The molecule has 112 valence electrons. The molecule has 0 unspecified atom stereocenters. The van der Waals surface area contributed by atoms with Crippen molar-refractivity contribution in [3.05, 3.63) is 72.0 Å². The lowest BCUT2D eigenvalue weighted by molar-refractivity contribution is 0.277. The molecule has 20 heavy (non-hydrogen) atoms. The van der Waals surface area contributed by atoms with Crippen LogP contribution in [0.2, 0.25) is 0 Å². The third kappa shape index (κ3) is 18.6. The van der Waals surface area contributed by atoms with Crippen molar-refractivity contribution in [2.75, 3.05) is 28.4 Å². The fourth-order valence-electron chi connectivity index (χ4n) is 0.949. The molecule has 0 N–H and O–H groups in total. The van der Waals surface area contributed by atoms with Gasteiger partial charge in [-0.05, 0) is 19.1 Å². The summed E-state index contributed by atoms with van der Waals surface area (Å²) < 4.78 is 20.4. The molecular weight excluding hydrogens is 255 g/mol. The number of hydrogen-bond acceptors (Lipinski definition) is 2. The Bertz CT molecular complexity index is 337. The Hall–Kier alpha value is -1.71. The summed E-state index contributed by atoms with van der Waals surface area (Å²) in [6.07, 6.45) is 0. The average Bonchev–Trinajstić information content (AvgIpc) is 2.43. The minimum absolute atomic E-state index is 0.178. The standard InChI is InChI=1S/C7H8.C6H5F.2C2H6O/c1-7-5-3-2-4-6-7;7-6-4-2-1-3-5-6;2*1-3-2/h2-6H,1H3;1-5H;2*1-2H3. The highest BCUT2D eigenvalue weighted by Crippen LogP contribution is 1.92. The number of aryl methyl sites for hydroxylation is 1. The average molecular weight is 280 g/mol. The number of halogens is 1. The maximum atomic E-state index is 11.9. The molecule has 0 amide bonds. The van der Waals surface area contributed by atoms with Gasteiger partial charge in [-0.1, -0.05) is 54.1 Å². The van der Waals surface area contributed by atoms with Crippen LogP contribution in [0.1, 0.15) is 5.56 Å². The molecule has 2 nitrogen and oxygen atoms in total. The minimum Gasteiger partial charge on any atom is -0.388 e.